The molecule has 1 N–H and O–H groups in total. The van der Waals surface area contributed by atoms with Gasteiger partial charge in [-0.25, -0.2) is 4.98 Å². The molecule has 0 fully saturated rings. The second-order valence-electron chi connectivity index (χ2n) is 6.55. The molecule has 1 aromatic carbocycles. The van der Waals surface area contributed by atoms with E-state index in [9.17, 15) is 0 Å². The van der Waals surface area contributed by atoms with Crippen LogP contribution in [0.2, 0.25) is 0 Å². The average Bonchev–Trinajstić information content (AvgIpc) is 3.21. The van der Waals surface area contributed by atoms with E-state index in [1.54, 1.807) is 0 Å². The highest BCUT2D eigenvalue weighted by atomic mass is 15.3. The molecule has 3 aromatic rings. The van der Waals surface area contributed by atoms with Crippen LogP contribution in [0.25, 0.3) is 0 Å². The van der Waals surface area contributed by atoms with Gasteiger partial charge in [-0.2, -0.15) is 5.10 Å². The summed E-state index contributed by atoms with van der Waals surface area (Å²) in [5.74, 6) is 1.05. The first-order chi connectivity index (χ1) is 12.7. The molecule has 3 rings (SSSR count). The molecule has 5 heteroatoms. The Morgan fingerprint density at radius 3 is 2.73 bits per heavy atom. The normalized spacial score (nSPS) is 12.2. The van der Waals surface area contributed by atoms with Crippen molar-refractivity contribution in [2.24, 2.45) is 0 Å². The summed E-state index contributed by atoms with van der Waals surface area (Å²) in [6.07, 6.45) is 8.87. The fourth-order valence-electron chi connectivity index (χ4n) is 3.17. The highest BCUT2D eigenvalue weighted by molar-refractivity contribution is 5.20. The number of rotatable bonds is 9. The van der Waals surface area contributed by atoms with Gasteiger partial charge in [0, 0.05) is 43.3 Å². The fourth-order valence-corrected chi connectivity index (χ4v) is 3.17. The first-order valence-corrected chi connectivity index (χ1v) is 9.07. The quantitative estimate of drug-likeness (QED) is 0.598. The first kappa shape index (κ1) is 18.1. The summed E-state index contributed by atoms with van der Waals surface area (Å²) in [6.45, 7) is 10.4. The van der Waals surface area contributed by atoms with Gasteiger partial charge < -0.3 is 9.88 Å². The summed E-state index contributed by atoms with van der Waals surface area (Å²) < 4.78 is 4.14. The van der Waals surface area contributed by atoms with E-state index >= 15 is 0 Å². The third kappa shape index (κ3) is 4.49. The second kappa shape index (κ2) is 8.63. The van der Waals surface area contributed by atoms with Gasteiger partial charge in [0.1, 0.15) is 5.82 Å². The molecule has 0 aliphatic carbocycles. The van der Waals surface area contributed by atoms with Crippen molar-refractivity contribution in [2.75, 3.05) is 0 Å². The molecule has 2 aromatic heterocycles. The predicted molar refractivity (Wildman–Crippen MR) is 105 cm³/mol. The summed E-state index contributed by atoms with van der Waals surface area (Å²) in [5, 5.41) is 8.26. The molecule has 0 unspecified atom stereocenters. The Morgan fingerprint density at radius 1 is 1.23 bits per heavy atom. The number of aromatic nitrogens is 4. The third-order valence-corrected chi connectivity index (χ3v) is 4.69. The van der Waals surface area contributed by atoms with Crippen molar-refractivity contribution in [2.45, 2.75) is 45.9 Å². The van der Waals surface area contributed by atoms with Crippen LogP contribution in [0.5, 0.6) is 0 Å². The maximum Gasteiger partial charge on any atom is 0.105 e. The van der Waals surface area contributed by atoms with Gasteiger partial charge in [-0.3, -0.25) is 4.68 Å². The number of imidazole rings is 1. The Balaban J connectivity index is 1.69. The summed E-state index contributed by atoms with van der Waals surface area (Å²) in [7, 11) is 0. The van der Waals surface area contributed by atoms with Crippen molar-refractivity contribution in [3.63, 3.8) is 0 Å². The zero-order chi connectivity index (χ0) is 18.4. The van der Waals surface area contributed by atoms with E-state index in [4.69, 9.17) is 0 Å². The van der Waals surface area contributed by atoms with E-state index < -0.39 is 0 Å². The number of aryl methyl sites for hydroxylation is 3. The summed E-state index contributed by atoms with van der Waals surface area (Å²) >= 11 is 0. The van der Waals surface area contributed by atoms with E-state index in [1.807, 2.05) is 30.1 Å². The Morgan fingerprint density at radius 2 is 2.04 bits per heavy atom. The largest absolute Gasteiger partial charge is 0.335 e. The molecule has 0 saturated carbocycles. The maximum atomic E-state index is 4.54. The fraction of sp³-hybridized carbons (Fsp3) is 0.333. The molecular formula is C21H27N5. The van der Waals surface area contributed by atoms with Gasteiger partial charge in [-0.15, -0.1) is 6.58 Å². The molecule has 0 spiro atoms. The van der Waals surface area contributed by atoms with E-state index in [1.165, 1.54) is 11.1 Å². The number of allylic oxidation sites excluding steroid dienone is 1. The Hall–Kier alpha value is -2.66. The third-order valence-electron chi connectivity index (χ3n) is 4.69. The zero-order valence-electron chi connectivity index (χ0n) is 15.6. The van der Waals surface area contributed by atoms with E-state index in [2.05, 4.69) is 70.0 Å². The summed E-state index contributed by atoms with van der Waals surface area (Å²) in [5.41, 5.74) is 3.60. The van der Waals surface area contributed by atoms with Crippen LogP contribution in [0.15, 0.2) is 61.6 Å². The molecule has 0 bridgehead atoms. The van der Waals surface area contributed by atoms with Crippen LogP contribution in [0.4, 0.5) is 0 Å². The van der Waals surface area contributed by atoms with Crippen LogP contribution >= 0.6 is 0 Å². The standard InChI is InChI=1S/C21H27N5/c1-4-12-26-16-20(17(2)24-26)15-23-21(19-8-6-5-7-9-19)10-13-25-14-11-22-18(25)3/h4-9,11,14,16,21,23H,1,10,12-13,15H2,2-3H3/t21-/m1/s1. The van der Waals surface area contributed by atoms with Gasteiger partial charge in [-0.05, 0) is 25.8 Å². The summed E-state index contributed by atoms with van der Waals surface area (Å²) in [4.78, 5) is 4.32. The van der Waals surface area contributed by atoms with Crippen LogP contribution in [0.3, 0.4) is 0 Å². The minimum absolute atomic E-state index is 0.278. The van der Waals surface area contributed by atoms with E-state index in [-0.39, 0.29) is 6.04 Å². The molecule has 2 heterocycles. The lowest BCUT2D eigenvalue weighted by atomic mass is 10.0. The highest BCUT2D eigenvalue weighted by Gasteiger charge is 2.13. The Kier molecular flexibility index (Phi) is 6.02. The van der Waals surface area contributed by atoms with Gasteiger partial charge in [0.15, 0.2) is 0 Å². The smallest absolute Gasteiger partial charge is 0.105 e. The van der Waals surface area contributed by atoms with Crippen molar-refractivity contribution in [3.05, 3.63) is 84.2 Å². The number of nitrogens with one attached hydrogen (secondary N) is 1. The van der Waals surface area contributed by atoms with Crippen LogP contribution < -0.4 is 5.32 Å². The number of nitrogens with zero attached hydrogens (tertiary/aromatic N) is 4. The SMILES string of the molecule is C=CCn1cc(CN[C@H](CCn2ccnc2C)c2ccccc2)c(C)n1. The Bertz CT molecular complexity index is 831. The number of hydrogen-bond donors (Lipinski definition) is 1. The van der Waals surface area contributed by atoms with E-state index in [0.29, 0.717) is 0 Å². The molecule has 5 nitrogen and oxygen atoms in total. The number of hydrogen-bond acceptors (Lipinski definition) is 3. The van der Waals surface area contributed by atoms with Gasteiger partial charge in [0.2, 0.25) is 0 Å². The average molecular weight is 349 g/mol. The molecule has 26 heavy (non-hydrogen) atoms. The topological polar surface area (TPSA) is 47.7 Å². The van der Waals surface area contributed by atoms with Crippen molar-refractivity contribution >= 4 is 0 Å². The molecule has 0 radical (unpaired) electrons. The minimum Gasteiger partial charge on any atom is -0.335 e. The van der Waals surface area contributed by atoms with Crippen LogP contribution in [-0.4, -0.2) is 19.3 Å². The lowest BCUT2D eigenvalue weighted by Crippen LogP contribution is -2.22. The lowest BCUT2D eigenvalue weighted by molar-refractivity contribution is 0.458. The highest BCUT2D eigenvalue weighted by Crippen LogP contribution is 2.19. The predicted octanol–water partition coefficient (Wildman–Crippen LogP) is 3.80. The molecule has 136 valence electrons. The molecule has 0 amide bonds. The number of benzene rings is 1. The molecule has 0 saturated heterocycles. The van der Waals surface area contributed by atoms with Crippen molar-refractivity contribution in [3.8, 4) is 0 Å². The van der Waals surface area contributed by atoms with Gasteiger partial charge in [0.25, 0.3) is 0 Å². The lowest BCUT2D eigenvalue weighted by Gasteiger charge is -2.20. The molecular weight excluding hydrogens is 322 g/mol. The van der Waals surface area contributed by atoms with Gasteiger partial charge >= 0.3 is 0 Å². The summed E-state index contributed by atoms with van der Waals surface area (Å²) in [6, 6.07) is 10.9. The second-order valence-corrected chi connectivity index (χ2v) is 6.55. The van der Waals surface area contributed by atoms with Crippen molar-refractivity contribution in [1.29, 1.82) is 0 Å². The zero-order valence-corrected chi connectivity index (χ0v) is 15.6. The van der Waals surface area contributed by atoms with Gasteiger partial charge in [-0.1, -0.05) is 36.4 Å². The molecule has 1 atom stereocenters. The van der Waals surface area contributed by atoms with Gasteiger partial charge in [0.05, 0.1) is 12.2 Å². The van der Waals surface area contributed by atoms with Crippen molar-refractivity contribution < 1.29 is 0 Å². The van der Waals surface area contributed by atoms with Crippen LogP contribution in [0, 0.1) is 13.8 Å². The molecule has 0 aliphatic heterocycles. The van der Waals surface area contributed by atoms with Crippen LogP contribution in [0.1, 0.15) is 35.1 Å². The minimum atomic E-state index is 0.278. The van der Waals surface area contributed by atoms with Crippen molar-refractivity contribution in [1.82, 2.24) is 24.6 Å². The van der Waals surface area contributed by atoms with E-state index in [0.717, 1.165) is 37.6 Å². The Labute approximate surface area is 155 Å². The van der Waals surface area contributed by atoms with Crippen LogP contribution in [-0.2, 0) is 19.6 Å². The monoisotopic (exact) mass is 349 g/mol. The maximum absolute atomic E-state index is 4.54. The molecule has 0 aliphatic rings. The first-order valence-electron chi connectivity index (χ1n) is 9.07.